The Balaban J connectivity index is 2.15. The molecule has 0 bridgehead atoms. The fourth-order valence-electron chi connectivity index (χ4n) is 2.61. The van der Waals surface area contributed by atoms with Crippen LogP contribution in [0.2, 0.25) is 0 Å². The van der Waals surface area contributed by atoms with Crippen molar-refractivity contribution in [2.45, 2.75) is 38.3 Å². The zero-order chi connectivity index (χ0) is 19.4. The Morgan fingerprint density at radius 2 is 2.08 bits per heavy atom. The van der Waals surface area contributed by atoms with Gasteiger partial charge in [-0.3, -0.25) is 14.9 Å². The van der Waals surface area contributed by atoms with Crippen LogP contribution >= 0.6 is 11.8 Å². The van der Waals surface area contributed by atoms with Crippen LogP contribution in [0.4, 0.5) is 4.79 Å². The third-order valence-corrected chi connectivity index (χ3v) is 5.06. The minimum atomic E-state index is -1.20. The third kappa shape index (κ3) is 4.37. The third-order valence-electron chi connectivity index (χ3n) is 3.78. The molecule has 0 aliphatic carbocycles. The summed E-state index contributed by atoms with van der Waals surface area (Å²) in [6.45, 7) is 4.68. The number of esters is 1. The Labute approximate surface area is 154 Å². The number of carbonyl (C=O) groups excluding carboxylic acids is 4. The summed E-state index contributed by atoms with van der Waals surface area (Å²) < 4.78 is 10.7. The molecule has 1 aliphatic heterocycles. The highest BCUT2D eigenvalue weighted by Crippen LogP contribution is 2.42. The first-order valence-corrected chi connectivity index (χ1v) is 9.02. The minimum Gasteiger partial charge on any atom is -0.466 e. The maximum absolute atomic E-state index is 12.6. The number of urea groups is 1. The van der Waals surface area contributed by atoms with Crippen molar-refractivity contribution in [1.29, 1.82) is 0 Å². The van der Waals surface area contributed by atoms with E-state index in [-0.39, 0.29) is 11.8 Å². The second-order valence-corrected chi connectivity index (χ2v) is 7.21. The highest BCUT2D eigenvalue weighted by atomic mass is 32.2. The van der Waals surface area contributed by atoms with Crippen LogP contribution in [0, 0.1) is 5.92 Å². The number of primary amides is 1. The minimum absolute atomic E-state index is 0.298. The molecule has 1 aromatic heterocycles. The first-order valence-electron chi connectivity index (χ1n) is 7.97. The molecule has 0 radical (unpaired) electrons. The number of rotatable bonds is 5. The molecule has 2 heterocycles. The number of amides is 4. The van der Waals surface area contributed by atoms with Crippen molar-refractivity contribution >= 4 is 35.6 Å². The molecule has 1 aromatic rings. The van der Waals surface area contributed by atoms with Crippen LogP contribution in [0.1, 0.15) is 31.9 Å². The number of imide groups is 1. The number of nitrogens with two attached hydrogens (primary N) is 1. The first-order chi connectivity index (χ1) is 12.2. The van der Waals surface area contributed by atoms with Crippen molar-refractivity contribution < 1.29 is 28.3 Å². The second kappa shape index (κ2) is 8.26. The Morgan fingerprint density at radius 3 is 2.58 bits per heavy atom. The van der Waals surface area contributed by atoms with Crippen molar-refractivity contribution in [3.8, 4) is 0 Å². The number of hydrogen-bond donors (Lipinski definition) is 2. The van der Waals surface area contributed by atoms with Crippen LogP contribution in [0.5, 0.6) is 0 Å². The maximum Gasteiger partial charge on any atom is 0.330 e. The van der Waals surface area contributed by atoms with Crippen molar-refractivity contribution in [3.63, 3.8) is 0 Å². The summed E-state index contributed by atoms with van der Waals surface area (Å²) in [5, 5.41) is 1.46. The molecule has 1 aliphatic rings. The lowest BCUT2D eigenvalue weighted by Gasteiger charge is -2.28. The lowest BCUT2D eigenvalue weighted by molar-refractivity contribution is -0.164. The van der Waals surface area contributed by atoms with Gasteiger partial charge >= 0.3 is 12.0 Å². The molecule has 1 fully saturated rings. The van der Waals surface area contributed by atoms with Gasteiger partial charge in [0.1, 0.15) is 17.2 Å². The number of nitrogens with one attached hydrogen (secondary N) is 1. The summed E-state index contributed by atoms with van der Waals surface area (Å²) in [4.78, 5) is 49.0. The van der Waals surface area contributed by atoms with E-state index in [0.29, 0.717) is 11.5 Å². The molecule has 4 amide bonds. The summed E-state index contributed by atoms with van der Waals surface area (Å²) in [6, 6.07) is 1.52. The Bertz CT molecular complexity index is 690. The average molecular weight is 383 g/mol. The molecule has 142 valence electrons. The molecule has 9 nitrogen and oxygen atoms in total. The molecule has 2 rings (SSSR count). The lowest BCUT2D eigenvalue weighted by atomic mass is 10.1. The molecular weight excluding hydrogens is 362 g/mol. The number of thioether (sulfide) groups is 1. The van der Waals surface area contributed by atoms with Crippen molar-refractivity contribution in [1.82, 2.24) is 10.2 Å². The highest BCUT2D eigenvalue weighted by Gasteiger charge is 2.44. The Kier molecular flexibility index (Phi) is 6.30. The van der Waals surface area contributed by atoms with Gasteiger partial charge in [0.2, 0.25) is 5.91 Å². The molecule has 10 heteroatoms. The van der Waals surface area contributed by atoms with Gasteiger partial charge in [-0.05, 0) is 18.1 Å². The SMILES string of the molecule is CC(=O)N1[C@@H](C(=O)O[C@@H](C(=O)NC(N)=O)C(C)C)CS[C@@H]1c1ccco1. The number of ether oxygens (including phenoxy) is 1. The van der Waals surface area contributed by atoms with Gasteiger partial charge in [0, 0.05) is 12.7 Å². The summed E-state index contributed by atoms with van der Waals surface area (Å²) in [7, 11) is 0. The Hall–Kier alpha value is -2.49. The standard InChI is InChI=1S/C16H21N3O6S/c1-8(2)12(13(21)18-16(17)23)25-15(22)10-7-26-14(19(10)9(3)20)11-5-4-6-24-11/h4-6,8,10,12,14H,7H2,1-3H3,(H3,17,18,21,23)/t10-,12-,14-/m1/s1. The van der Waals surface area contributed by atoms with Crippen LogP contribution in [0.15, 0.2) is 22.8 Å². The normalized spacial score (nSPS) is 20.7. The van der Waals surface area contributed by atoms with E-state index in [9.17, 15) is 19.2 Å². The number of furan rings is 1. The van der Waals surface area contributed by atoms with E-state index in [4.69, 9.17) is 14.9 Å². The topological polar surface area (TPSA) is 132 Å². The van der Waals surface area contributed by atoms with Crippen LogP contribution in [-0.4, -0.2) is 46.6 Å². The van der Waals surface area contributed by atoms with Crippen molar-refractivity contribution in [2.75, 3.05) is 5.75 Å². The van der Waals surface area contributed by atoms with Crippen molar-refractivity contribution in [3.05, 3.63) is 24.2 Å². The van der Waals surface area contributed by atoms with Gasteiger partial charge in [-0.15, -0.1) is 11.8 Å². The number of nitrogens with zero attached hydrogens (tertiary/aromatic N) is 1. The monoisotopic (exact) mass is 383 g/mol. The molecule has 0 aromatic carbocycles. The predicted molar refractivity (Wildman–Crippen MR) is 92.7 cm³/mol. The van der Waals surface area contributed by atoms with Gasteiger partial charge in [0.05, 0.1) is 6.26 Å². The maximum atomic E-state index is 12.6. The van der Waals surface area contributed by atoms with E-state index in [2.05, 4.69) is 0 Å². The fraction of sp³-hybridized carbons (Fsp3) is 0.500. The van der Waals surface area contributed by atoms with E-state index < -0.39 is 35.4 Å². The zero-order valence-corrected chi connectivity index (χ0v) is 15.4. The largest absolute Gasteiger partial charge is 0.466 e. The van der Waals surface area contributed by atoms with Gasteiger partial charge in [-0.2, -0.15) is 0 Å². The summed E-state index contributed by atoms with van der Waals surface area (Å²) in [5.41, 5.74) is 4.94. The average Bonchev–Trinajstić information content (AvgIpc) is 3.19. The molecule has 1 saturated heterocycles. The van der Waals surface area contributed by atoms with Crippen LogP contribution in [0.25, 0.3) is 0 Å². The molecule has 0 spiro atoms. The van der Waals surface area contributed by atoms with E-state index in [0.717, 1.165) is 0 Å². The van der Waals surface area contributed by atoms with Crippen LogP contribution < -0.4 is 11.1 Å². The molecule has 0 saturated carbocycles. The molecule has 0 unspecified atom stereocenters. The molecular formula is C16H21N3O6S. The van der Waals surface area contributed by atoms with E-state index in [1.54, 1.807) is 26.0 Å². The van der Waals surface area contributed by atoms with Crippen LogP contribution in [-0.2, 0) is 19.1 Å². The number of hydrogen-bond acceptors (Lipinski definition) is 7. The zero-order valence-electron chi connectivity index (χ0n) is 14.6. The summed E-state index contributed by atoms with van der Waals surface area (Å²) >= 11 is 1.36. The molecule has 3 N–H and O–H groups in total. The van der Waals surface area contributed by atoms with E-state index in [1.165, 1.54) is 29.8 Å². The van der Waals surface area contributed by atoms with Crippen LogP contribution in [0.3, 0.4) is 0 Å². The number of carbonyl (C=O) groups is 4. The predicted octanol–water partition coefficient (Wildman–Crippen LogP) is 1.00. The summed E-state index contributed by atoms with van der Waals surface area (Å²) in [5.74, 6) is -1.39. The highest BCUT2D eigenvalue weighted by molar-refractivity contribution is 7.99. The second-order valence-electron chi connectivity index (χ2n) is 6.10. The molecule has 3 atom stereocenters. The smallest absolute Gasteiger partial charge is 0.330 e. The molecule has 26 heavy (non-hydrogen) atoms. The quantitative estimate of drug-likeness (QED) is 0.725. The van der Waals surface area contributed by atoms with Gasteiger partial charge in [-0.1, -0.05) is 13.8 Å². The fourth-order valence-corrected chi connectivity index (χ4v) is 4.03. The summed E-state index contributed by atoms with van der Waals surface area (Å²) in [6.07, 6.45) is 0.291. The first kappa shape index (κ1) is 19.8. The van der Waals surface area contributed by atoms with Gasteiger partial charge in [-0.25, -0.2) is 9.59 Å². The lowest BCUT2D eigenvalue weighted by Crippen LogP contribution is -2.49. The Morgan fingerprint density at radius 1 is 1.38 bits per heavy atom. The van der Waals surface area contributed by atoms with Gasteiger partial charge < -0.3 is 19.8 Å². The van der Waals surface area contributed by atoms with Crippen molar-refractivity contribution in [2.24, 2.45) is 11.7 Å². The van der Waals surface area contributed by atoms with E-state index >= 15 is 0 Å². The van der Waals surface area contributed by atoms with Gasteiger partial charge in [0.15, 0.2) is 6.10 Å². The van der Waals surface area contributed by atoms with E-state index in [1.807, 2.05) is 5.32 Å². The van der Waals surface area contributed by atoms with Gasteiger partial charge in [0.25, 0.3) is 5.91 Å².